The molecule has 0 aliphatic heterocycles. The van der Waals surface area contributed by atoms with Crippen molar-refractivity contribution < 1.29 is 5.11 Å². The van der Waals surface area contributed by atoms with Gasteiger partial charge in [-0.05, 0) is 34.3 Å². The van der Waals surface area contributed by atoms with Crippen LogP contribution in [-0.2, 0) is 0 Å². The molecular formula is C11H16BrCl2NO. The second-order valence-corrected chi connectivity index (χ2v) is 5.24. The molecule has 0 spiro atoms. The van der Waals surface area contributed by atoms with E-state index in [-0.39, 0.29) is 24.2 Å². The molecule has 0 aliphatic rings. The summed E-state index contributed by atoms with van der Waals surface area (Å²) in [5, 5.41) is 10.3. The van der Waals surface area contributed by atoms with Crippen LogP contribution in [0.5, 0.6) is 5.75 Å². The molecule has 0 aromatic heterocycles. The lowest BCUT2D eigenvalue weighted by Gasteiger charge is -2.16. The lowest BCUT2D eigenvalue weighted by molar-refractivity contribution is 0.442. The van der Waals surface area contributed by atoms with Gasteiger partial charge < -0.3 is 10.8 Å². The molecule has 0 radical (unpaired) electrons. The summed E-state index contributed by atoms with van der Waals surface area (Å²) in [6.45, 7) is 4.20. The number of halogens is 3. The highest BCUT2D eigenvalue weighted by Gasteiger charge is 2.15. The van der Waals surface area contributed by atoms with Gasteiger partial charge in [0.25, 0.3) is 0 Å². The van der Waals surface area contributed by atoms with Gasteiger partial charge in [-0.3, -0.25) is 0 Å². The number of hydrogen-bond donors (Lipinski definition) is 2. The second-order valence-electron chi connectivity index (χ2n) is 4.04. The molecule has 0 amide bonds. The molecule has 2 nitrogen and oxygen atoms in total. The van der Waals surface area contributed by atoms with E-state index >= 15 is 0 Å². The van der Waals surface area contributed by atoms with E-state index in [0.717, 1.165) is 12.0 Å². The lowest BCUT2D eigenvalue weighted by atomic mass is 9.97. The molecule has 1 atom stereocenters. The summed E-state index contributed by atoms with van der Waals surface area (Å²) in [6, 6.07) is 3.36. The predicted molar refractivity (Wildman–Crippen MR) is 74.4 cm³/mol. The zero-order valence-electron chi connectivity index (χ0n) is 9.21. The van der Waals surface area contributed by atoms with E-state index in [2.05, 4.69) is 29.8 Å². The first-order chi connectivity index (χ1) is 6.93. The first kappa shape index (κ1) is 16.0. The number of rotatable bonds is 3. The molecular weight excluding hydrogens is 313 g/mol. The van der Waals surface area contributed by atoms with Crippen LogP contribution in [0.15, 0.2) is 16.6 Å². The highest BCUT2D eigenvalue weighted by atomic mass is 79.9. The quantitative estimate of drug-likeness (QED) is 0.870. The summed E-state index contributed by atoms with van der Waals surface area (Å²) in [5.74, 6) is 0.643. The van der Waals surface area contributed by atoms with Gasteiger partial charge in [0.2, 0.25) is 0 Å². The number of phenols is 1. The van der Waals surface area contributed by atoms with Gasteiger partial charge in [0.15, 0.2) is 0 Å². The van der Waals surface area contributed by atoms with E-state index in [1.54, 1.807) is 12.1 Å². The van der Waals surface area contributed by atoms with Crippen LogP contribution in [0.2, 0.25) is 5.02 Å². The van der Waals surface area contributed by atoms with Crippen LogP contribution in [0, 0.1) is 5.92 Å². The van der Waals surface area contributed by atoms with Gasteiger partial charge in [0, 0.05) is 11.6 Å². The van der Waals surface area contributed by atoms with E-state index in [0.29, 0.717) is 15.4 Å². The minimum Gasteiger partial charge on any atom is -0.506 e. The number of nitrogens with two attached hydrogens (primary N) is 1. The summed E-state index contributed by atoms with van der Waals surface area (Å²) in [6.07, 6.45) is 0.835. The van der Waals surface area contributed by atoms with Gasteiger partial charge in [-0.1, -0.05) is 31.5 Å². The van der Waals surface area contributed by atoms with Gasteiger partial charge in [-0.2, -0.15) is 0 Å². The third kappa shape index (κ3) is 3.81. The van der Waals surface area contributed by atoms with Crippen molar-refractivity contribution in [1.29, 1.82) is 0 Å². The molecule has 0 aliphatic carbocycles. The average molecular weight is 329 g/mol. The van der Waals surface area contributed by atoms with E-state index in [9.17, 15) is 5.11 Å². The van der Waals surface area contributed by atoms with E-state index < -0.39 is 0 Å². The van der Waals surface area contributed by atoms with E-state index in [4.69, 9.17) is 17.3 Å². The molecule has 0 fully saturated rings. The summed E-state index contributed by atoms with van der Waals surface area (Å²) >= 11 is 9.08. The first-order valence-electron chi connectivity index (χ1n) is 4.86. The molecule has 5 heteroatoms. The Morgan fingerprint density at radius 3 is 2.50 bits per heavy atom. The van der Waals surface area contributed by atoms with Crippen LogP contribution in [0.1, 0.15) is 31.9 Å². The molecule has 1 aromatic rings. The zero-order valence-corrected chi connectivity index (χ0v) is 12.4. The largest absolute Gasteiger partial charge is 0.506 e. The molecule has 92 valence electrons. The van der Waals surface area contributed by atoms with Crippen molar-refractivity contribution in [1.82, 2.24) is 0 Å². The van der Waals surface area contributed by atoms with Crippen molar-refractivity contribution in [2.24, 2.45) is 11.7 Å². The van der Waals surface area contributed by atoms with Crippen molar-refractivity contribution in [3.8, 4) is 5.75 Å². The van der Waals surface area contributed by atoms with E-state index in [1.807, 2.05) is 0 Å². The molecule has 0 saturated carbocycles. The summed E-state index contributed by atoms with van der Waals surface area (Å²) < 4.78 is 0.515. The normalized spacial score (nSPS) is 12.4. The Labute approximate surface area is 116 Å². The fourth-order valence-electron chi connectivity index (χ4n) is 1.49. The molecule has 1 rings (SSSR count). The maximum absolute atomic E-state index is 9.85. The Balaban J connectivity index is 0.00000225. The molecule has 0 heterocycles. The monoisotopic (exact) mass is 327 g/mol. The molecule has 0 saturated heterocycles. The predicted octanol–water partition coefficient (Wildman–Crippen LogP) is 4.28. The lowest BCUT2D eigenvalue weighted by Crippen LogP contribution is -2.13. The minimum atomic E-state index is -0.154. The summed E-state index contributed by atoms with van der Waals surface area (Å²) in [4.78, 5) is 0. The fourth-order valence-corrected chi connectivity index (χ4v) is 2.00. The Morgan fingerprint density at radius 2 is 2.00 bits per heavy atom. The van der Waals surface area contributed by atoms with Gasteiger partial charge in [0.05, 0.1) is 9.50 Å². The maximum Gasteiger partial charge on any atom is 0.136 e. The molecule has 3 N–H and O–H groups in total. The smallest absolute Gasteiger partial charge is 0.136 e. The number of benzene rings is 1. The van der Waals surface area contributed by atoms with Crippen LogP contribution in [0.25, 0.3) is 0 Å². The summed E-state index contributed by atoms with van der Waals surface area (Å²) in [7, 11) is 0. The second kappa shape index (κ2) is 6.70. The van der Waals surface area contributed by atoms with Crippen molar-refractivity contribution in [2.75, 3.05) is 0 Å². The zero-order chi connectivity index (χ0) is 11.6. The first-order valence-corrected chi connectivity index (χ1v) is 6.03. The molecule has 1 aromatic carbocycles. The third-order valence-electron chi connectivity index (χ3n) is 2.23. The van der Waals surface area contributed by atoms with Gasteiger partial charge >= 0.3 is 0 Å². The molecule has 0 bridgehead atoms. The van der Waals surface area contributed by atoms with Gasteiger partial charge in [-0.15, -0.1) is 12.4 Å². The Morgan fingerprint density at radius 1 is 1.44 bits per heavy atom. The van der Waals surface area contributed by atoms with Crippen LogP contribution in [0.4, 0.5) is 0 Å². The van der Waals surface area contributed by atoms with Crippen molar-refractivity contribution in [3.05, 3.63) is 27.2 Å². The molecule has 16 heavy (non-hydrogen) atoms. The standard InChI is InChI=1S/C11H15BrClNO.ClH/c1-6(2)5-9(14)7-3-4-8(13)10(12)11(7)15;/h3-4,6,9,15H,5,14H2,1-2H3;1H/t9-;/m0./s1. The van der Waals surface area contributed by atoms with Crippen molar-refractivity contribution in [3.63, 3.8) is 0 Å². The van der Waals surface area contributed by atoms with Gasteiger partial charge in [-0.25, -0.2) is 0 Å². The number of hydrogen-bond acceptors (Lipinski definition) is 2. The Hall–Kier alpha value is 0.0400. The maximum atomic E-state index is 9.85. The number of aromatic hydroxyl groups is 1. The minimum absolute atomic E-state index is 0. The van der Waals surface area contributed by atoms with E-state index in [1.165, 1.54) is 0 Å². The van der Waals surface area contributed by atoms with Crippen molar-refractivity contribution >= 4 is 39.9 Å². The van der Waals surface area contributed by atoms with Crippen LogP contribution in [0.3, 0.4) is 0 Å². The Bertz CT molecular complexity index is 358. The highest BCUT2D eigenvalue weighted by Crippen LogP contribution is 2.37. The fraction of sp³-hybridized carbons (Fsp3) is 0.455. The van der Waals surface area contributed by atoms with Crippen LogP contribution < -0.4 is 5.73 Å². The third-order valence-corrected chi connectivity index (χ3v) is 3.57. The van der Waals surface area contributed by atoms with Crippen LogP contribution >= 0.6 is 39.9 Å². The topological polar surface area (TPSA) is 46.2 Å². The van der Waals surface area contributed by atoms with Crippen molar-refractivity contribution in [2.45, 2.75) is 26.3 Å². The number of phenolic OH excluding ortho intramolecular Hbond substituents is 1. The average Bonchev–Trinajstić information content (AvgIpc) is 2.13. The highest BCUT2D eigenvalue weighted by molar-refractivity contribution is 9.10. The summed E-state index contributed by atoms with van der Waals surface area (Å²) in [5.41, 5.74) is 6.73. The van der Waals surface area contributed by atoms with Crippen LogP contribution in [-0.4, -0.2) is 5.11 Å². The van der Waals surface area contributed by atoms with Gasteiger partial charge in [0.1, 0.15) is 5.75 Å². The SMILES string of the molecule is CC(C)C[C@H](N)c1ccc(Cl)c(Br)c1O.Cl. The Kier molecular flexibility index (Phi) is 6.71. The molecule has 0 unspecified atom stereocenters.